The van der Waals surface area contributed by atoms with Crippen molar-refractivity contribution < 1.29 is 15.0 Å². The van der Waals surface area contributed by atoms with E-state index in [1.165, 1.54) is 6.92 Å². The van der Waals surface area contributed by atoms with Gasteiger partial charge < -0.3 is 14.8 Å². The van der Waals surface area contributed by atoms with Crippen LogP contribution in [0, 0.1) is 0 Å². The molecule has 1 rings (SSSR count). The number of aryl methyl sites for hydroxylation is 1. The van der Waals surface area contributed by atoms with Crippen molar-refractivity contribution in [3.05, 3.63) is 18.2 Å². The molecule has 78 valence electrons. The number of hydrogen-bond donors (Lipinski definition) is 2. The number of nitrogens with zero attached hydrogens (tertiary/aromatic N) is 2. The van der Waals surface area contributed by atoms with E-state index in [0.29, 0.717) is 6.42 Å². The second-order valence-electron chi connectivity index (χ2n) is 3.40. The van der Waals surface area contributed by atoms with Crippen molar-refractivity contribution in [2.45, 2.75) is 32.4 Å². The summed E-state index contributed by atoms with van der Waals surface area (Å²) in [6, 6.07) is 0. The van der Waals surface area contributed by atoms with Crippen LogP contribution in [0.3, 0.4) is 0 Å². The maximum Gasteiger partial charge on any atom is 0.337 e. The lowest BCUT2D eigenvalue weighted by Crippen LogP contribution is -2.39. The van der Waals surface area contributed by atoms with Gasteiger partial charge in [0.15, 0.2) is 5.60 Å². The fraction of sp³-hybridized carbons (Fsp3) is 0.556. The Morgan fingerprint density at radius 3 is 2.86 bits per heavy atom. The Labute approximate surface area is 82.0 Å². The van der Waals surface area contributed by atoms with Crippen molar-refractivity contribution in [2.75, 3.05) is 0 Å². The predicted molar refractivity (Wildman–Crippen MR) is 49.9 cm³/mol. The first-order valence-corrected chi connectivity index (χ1v) is 4.43. The third kappa shape index (κ3) is 2.11. The predicted octanol–water partition coefficient (Wildman–Crippen LogP) is 0.281. The van der Waals surface area contributed by atoms with Gasteiger partial charge in [0, 0.05) is 18.8 Å². The summed E-state index contributed by atoms with van der Waals surface area (Å²) in [5.74, 6) is -0.459. The van der Waals surface area contributed by atoms with Gasteiger partial charge in [0.1, 0.15) is 5.82 Å². The first kappa shape index (κ1) is 10.7. The molecule has 0 fully saturated rings. The summed E-state index contributed by atoms with van der Waals surface area (Å²) in [6.45, 7) is 3.22. The molecule has 1 aromatic rings. The summed E-state index contributed by atoms with van der Waals surface area (Å²) in [6.07, 6.45) is 3.97. The van der Waals surface area contributed by atoms with E-state index < -0.39 is 11.6 Å². The van der Waals surface area contributed by atoms with Crippen LogP contribution in [0.2, 0.25) is 0 Å². The van der Waals surface area contributed by atoms with Crippen molar-refractivity contribution in [1.82, 2.24) is 9.55 Å². The fourth-order valence-corrected chi connectivity index (χ4v) is 1.20. The van der Waals surface area contributed by atoms with E-state index in [9.17, 15) is 9.90 Å². The van der Waals surface area contributed by atoms with Gasteiger partial charge in [-0.3, -0.25) is 0 Å². The molecule has 0 aliphatic carbocycles. The number of aromatic nitrogens is 2. The lowest BCUT2D eigenvalue weighted by Gasteiger charge is -2.19. The molecule has 5 heteroatoms. The van der Waals surface area contributed by atoms with Gasteiger partial charge in [-0.15, -0.1) is 0 Å². The maximum absolute atomic E-state index is 10.7. The third-order valence-electron chi connectivity index (χ3n) is 2.06. The molecule has 0 saturated carbocycles. The molecule has 5 nitrogen and oxygen atoms in total. The Bertz CT molecular complexity index is 331. The topological polar surface area (TPSA) is 75.3 Å². The highest BCUT2D eigenvalue weighted by Gasteiger charge is 2.30. The van der Waals surface area contributed by atoms with E-state index in [0.717, 1.165) is 5.82 Å². The van der Waals surface area contributed by atoms with E-state index in [-0.39, 0.29) is 6.54 Å². The van der Waals surface area contributed by atoms with Crippen LogP contribution in [0.1, 0.15) is 19.7 Å². The van der Waals surface area contributed by atoms with Crippen LogP contribution in [-0.4, -0.2) is 31.3 Å². The number of carboxylic acids is 1. The van der Waals surface area contributed by atoms with Crippen LogP contribution in [0.15, 0.2) is 12.4 Å². The van der Waals surface area contributed by atoms with E-state index in [1.54, 1.807) is 17.0 Å². The molecule has 0 saturated heterocycles. The average molecular weight is 198 g/mol. The Morgan fingerprint density at radius 1 is 1.71 bits per heavy atom. The third-order valence-corrected chi connectivity index (χ3v) is 2.06. The van der Waals surface area contributed by atoms with Crippen LogP contribution in [-0.2, 0) is 17.8 Å². The van der Waals surface area contributed by atoms with Gasteiger partial charge in [0.25, 0.3) is 0 Å². The molecular formula is C9H14N2O3. The standard InChI is InChI=1S/C9H14N2O3/c1-3-7-10-4-5-11(7)6-9(2,14)8(12)13/h4-5,14H,3,6H2,1-2H3,(H,12,13). The number of rotatable bonds is 4. The second-order valence-corrected chi connectivity index (χ2v) is 3.40. The van der Waals surface area contributed by atoms with Crippen molar-refractivity contribution in [1.29, 1.82) is 0 Å². The molecule has 2 N–H and O–H groups in total. The zero-order chi connectivity index (χ0) is 10.8. The minimum atomic E-state index is -1.75. The quantitative estimate of drug-likeness (QED) is 0.728. The number of aliphatic hydroxyl groups is 1. The monoisotopic (exact) mass is 198 g/mol. The van der Waals surface area contributed by atoms with Gasteiger partial charge in [0.05, 0.1) is 6.54 Å². The van der Waals surface area contributed by atoms with Gasteiger partial charge in [-0.05, 0) is 6.92 Å². The zero-order valence-corrected chi connectivity index (χ0v) is 8.27. The van der Waals surface area contributed by atoms with Crippen molar-refractivity contribution in [3.63, 3.8) is 0 Å². The average Bonchev–Trinajstić information content (AvgIpc) is 2.50. The summed E-state index contributed by atoms with van der Waals surface area (Å²) in [5.41, 5.74) is -1.75. The minimum absolute atomic E-state index is 0.0194. The zero-order valence-electron chi connectivity index (χ0n) is 8.27. The van der Waals surface area contributed by atoms with Crippen LogP contribution < -0.4 is 0 Å². The largest absolute Gasteiger partial charge is 0.479 e. The van der Waals surface area contributed by atoms with Crippen LogP contribution in [0.5, 0.6) is 0 Å². The van der Waals surface area contributed by atoms with Crippen molar-refractivity contribution in [2.24, 2.45) is 0 Å². The Kier molecular flexibility index (Phi) is 2.90. The van der Waals surface area contributed by atoms with Crippen molar-refractivity contribution >= 4 is 5.97 Å². The Morgan fingerprint density at radius 2 is 2.36 bits per heavy atom. The first-order chi connectivity index (χ1) is 6.47. The molecule has 1 unspecified atom stereocenters. The van der Waals surface area contributed by atoms with Gasteiger partial charge in [0.2, 0.25) is 0 Å². The molecule has 1 aromatic heterocycles. The fourth-order valence-electron chi connectivity index (χ4n) is 1.20. The number of carbonyl (C=O) groups is 1. The smallest absolute Gasteiger partial charge is 0.337 e. The molecule has 1 atom stereocenters. The molecule has 1 heterocycles. The van der Waals surface area contributed by atoms with E-state index in [1.807, 2.05) is 6.92 Å². The lowest BCUT2D eigenvalue weighted by atomic mass is 10.1. The second kappa shape index (κ2) is 3.79. The highest BCUT2D eigenvalue weighted by Crippen LogP contribution is 2.09. The maximum atomic E-state index is 10.7. The number of carboxylic acid groups (broad SMARTS) is 1. The van der Waals surface area contributed by atoms with Gasteiger partial charge in [-0.1, -0.05) is 6.92 Å². The molecule has 0 aromatic carbocycles. The first-order valence-electron chi connectivity index (χ1n) is 4.43. The summed E-state index contributed by atoms with van der Waals surface area (Å²) < 4.78 is 1.65. The van der Waals surface area contributed by atoms with E-state index in [4.69, 9.17) is 5.11 Å². The van der Waals surface area contributed by atoms with Gasteiger partial charge in [-0.25, -0.2) is 9.78 Å². The van der Waals surface area contributed by atoms with Crippen molar-refractivity contribution in [3.8, 4) is 0 Å². The number of imidazole rings is 1. The molecule has 0 radical (unpaired) electrons. The SMILES string of the molecule is CCc1nccn1CC(C)(O)C(=O)O. The summed E-state index contributed by atoms with van der Waals surface area (Å²) in [7, 11) is 0. The lowest BCUT2D eigenvalue weighted by molar-refractivity contribution is -0.157. The normalized spacial score (nSPS) is 15.1. The van der Waals surface area contributed by atoms with E-state index in [2.05, 4.69) is 4.98 Å². The molecule has 0 bridgehead atoms. The summed E-state index contributed by atoms with van der Waals surface area (Å²) >= 11 is 0. The Balaban J connectivity index is 2.83. The highest BCUT2D eigenvalue weighted by molar-refractivity contribution is 5.76. The number of hydrogen-bond acceptors (Lipinski definition) is 3. The molecule has 0 aliphatic rings. The van der Waals surface area contributed by atoms with Crippen LogP contribution in [0.4, 0.5) is 0 Å². The highest BCUT2D eigenvalue weighted by atomic mass is 16.4. The van der Waals surface area contributed by atoms with E-state index >= 15 is 0 Å². The van der Waals surface area contributed by atoms with Crippen LogP contribution in [0.25, 0.3) is 0 Å². The minimum Gasteiger partial charge on any atom is -0.479 e. The molecular weight excluding hydrogens is 184 g/mol. The summed E-state index contributed by atoms with van der Waals surface area (Å²) in [5, 5.41) is 18.3. The van der Waals surface area contributed by atoms with Gasteiger partial charge in [-0.2, -0.15) is 0 Å². The molecule has 0 spiro atoms. The van der Waals surface area contributed by atoms with Crippen LogP contribution >= 0.6 is 0 Å². The number of aliphatic carboxylic acids is 1. The molecule has 0 amide bonds. The van der Waals surface area contributed by atoms with Gasteiger partial charge >= 0.3 is 5.97 Å². The molecule has 0 aliphatic heterocycles. The molecule has 14 heavy (non-hydrogen) atoms. The summed E-state index contributed by atoms with van der Waals surface area (Å²) in [4.78, 5) is 14.7. The Hall–Kier alpha value is -1.36.